The van der Waals surface area contributed by atoms with Crippen molar-refractivity contribution >= 4 is 21.1 Å². The molecule has 0 atom stereocenters. The minimum atomic E-state index is -4.55. The molecule has 0 aliphatic heterocycles. The average Bonchev–Trinajstić information content (AvgIpc) is 2.55. The van der Waals surface area contributed by atoms with Crippen LogP contribution in [0.2, 0.25) is 0 Å². The van der Waals surface area contributed by atoms with Crippen LogP contribution in [0.1, 0.15) is 30.9 Å². The fraction of sp³-hybridized carbons (Fsp3) is 0.333. The van der Waals surface area contributed by atoms with Crippen LogP contribution >= 0.6 is 0 Å². The van der Waals surface area contributed by atoms with Crippen molar-refractivity contribution in [2.45, 2.75) is 31.8 Å². The van der Waals surface area contributed by atoms with E-state index in [1.54, 1.807) is 13.0 Å². The van der Waals surface area contributed by atoms with E-state index in [2.05, 4.69) is 0 Å². The monoisotopic (exact) mass is 292 g/mol. The third-order valence-corrected chi connectivity index (χ3v) is 3.65. The zero-order valence-corrected chi connectivity index (χ0v) is 14.8. The molecule has 0 saturated carbocycles. The maximum Gasteiger partial charge on any atom is 1.00 e. The van der Waals surface area contributed by atoms with Gasteiger partial charge in [-0.05, 0) is 30.5 Å². The maximum atomic E-state index is 11.0. The number of benzene rings is 1. The molecule has 0 bridgehead atoms. The fourth-order valence-corrected chi connectivity index (χ4v) is 2.49. The molecule has 1 heterocycles. The summed E-state index contributed by atoms with van der Waals surface area (Å²) in [6, 6.07) is 5.44. The number of aryl methyl sites for hydroxylation is 1. The molecule has 0 radical (unpaired) electrons. The normalized spacial score (nSPS) is 11.8. The smallest absolute Gasteiger partial charge is 0.742 e. The Labute approximate surface area is 149 Å². The first-order valence-corrected chi connectivity index (χ1v) is 6.70. The van der Waals surface area contributed by atoms with Crippen LogP contribution in [0.25, 0.3) is 11.0 Å². The minimum absolute atomic E-state index is 0. The zero-order chi connectivity index (χ0) is 12.8. The van der Waals surface area contributed by atoms with Crippen LogP contribution in [0.3, 0.4) is 0 Å². The number of hydrogen-bond acceptors (Lipinski definition) is 4. The van der Waals surface area contributed by atoms with Gasteiger partial charge in [-0.2, -0.15) is 0 Å². The van der Waals surface area contributed by atoms with Gasteiger partial charge in [0.2, 0.25) is 5.09 Å². The number of fused-ring (bicyclic) bond motifs is 1. The van der Waals surface area contributed by atoms with Gasteiger partial charge in [0.25, 0.3) is 0 Å². The van der Waals surface area contributed by atoms with Gasteiger partial charge in [0, 0.05) is 10.9 Å². The second-order valence-corrected chi connectivity index (χ2v) is 5.66. The van der Waals surface area contributed by atoms with Crippen LogP contribution in [-0.2, 0) is 10.1 Å². The first-order valence-electron chi connectivity index (χ1n) is 5.29. The zero-order valence-electron chi connectivity index (χ0n) is 10.9. The molecule has 4 nitrogen and oxygen atoms in total. The molecule has 0 spiro atoms. The molecule has 0 amide bonds. The number of hydrogen-bond donors (Lipinski definition) is 0. The van der Waals surface area contributed by atoms with Crippen molar-refractivity contribution in [3.05, 3.63) is 29.3 Å². The number of rotatable bonds is 2. The van der Waals surface area contributed by atoms with Crippen LogP contribution < -0.4 is 51.4 Å². The first-order chi connectivity index (χ1) is 7.80. The van der Waals surface area contributed by atoms with Crippen LogP contribution in [0, 0.1) is 6.92 Å². The summed E-state index contributed by atoms with van der Waals surface area (Å²) in [5.41, 5.74) is 1.90. The minimum Gasteiger partial charge on any atom is -0.742 e. The van der Waals surface area contributed by atoms with Gasteiger partial charge in [-0.3, -0.25) is 0 Å². The van der Waals surface area contributed by atoms with Crippen molar-refractivity contribution in [2.75, 3.05) is 0 Å². The summed E-state index contributed by atoms with van der Waals surface area (Å²) in [5, 5.41) is 0.207. The molecule has 6 heteroatoms. The Hall–Kier alpha value is 0.306. The Bertz CT molecular complexity index is 671. The summed E-state index contributed by atoms with van der Waals surface area (Å²) in [4.78, 5) is 0. The third kappa shape index (κ3) is 3.06. The summed E-state index contributed by atoms with van der Waals surface area (Å²) < 4.78 is 38.1. The molecule has 0 aliphatic rings. The number of furan rings is 1. The van der Waals surface area contributed by atoms with Gasteiger partial charge >= 0.3 is 51.4 Å². The molecule has 0 unspecified atom stereocenters. The average molecular weight is 292 g/mol. The molecule has 92 valence electrons. The molecular formula is C12H13KO4S. The molecule has 0 saturated heterocycles. The second-order valence-electron chi connectivity index (χ2n) is 4.38. The van der Waals surface area contributed by atoms with E-state index in [0.29, 0.717) is 22.5 Å². The third-order valence-electron chi connectivity index (χ3n) is 2.81. The van der Waals surface area contributed by atoms with Gasteiger partial charge in [0.1, 0.15) is 5.58 Å². The Morgan fingerprint density at radius 2 is 1.89 bits per heavy atom. The van der Waals surface area contributed by atoms with E-state index in [-0.39, 0.29) is 51.4 Å². The quantitative estimate of drug-likeness (QED) is 0.566. The van der Waals surface area contributed by atoms with Crippen molar-refractivity contribution in [3.63, 3.8) is 0 Å². The standard InChI is InChI=1S/C12H14O4S.K/c1-7(2)9-4-5-11-10(6-9)8(3)12(16-11)17(13,14)15;/h4-7H,1-3H3,(H,13,14,15);/q;+1/p-1. The predicted octanol–water partition coefficient (Wildman–Crippen LogP) is -0.227. The SMILES string of the molecule is Cc1c(S(=O)(=O)[O-])oc2ccc(C(C)C)cc12.[K+]. The fourth-order valence-electron chi connectivity index (χ4n) is 1.81. The summed E-state index contributed by atoms with van der Waals surface area (Å²) in [5.74, 6) is 0.334. The molecule has 1 aromatic heterocycles. The summed E-state index contributed by atoms with van der Waals surface area (Å²) in [6.07, 6.45) is 0. The predicted molar refractivity (Wildman–Crippen MR) is 63.0 cm³/mol. The molecular weight excluding hydrogens is 279 g/mol. The summed E-state index contributed by atoms with van der Waals surface area (Å²) in [6.45, 7) is 5.67. The van der Waals surface area contributed by atoms with E-state index in [4.69, 9.17) is 4.42 Å². The molecule has 0 N–H and O–H groups in total. The maximum absolute atomic E-state index is 11.0. The van der Waals surface area contributed by atoms with Crippen molar-refractivity contribution in [1.29, 1.82) is 0 Å². The van der Waals surface area contributed by atoms with Gasteiger partial charge in [-0.25, -0.2) is 8.42 Å². The van der Waals surface area contributed by atoms with Crippen LogP contribution in [0.4, 0.5) is 0 Å². The van der Waals surface area contributed by atoms with Gasteiger partial charge in [0.15, 0.2) is 10.1 Å². The van der Waals surface area contributed by atoms with E-state index in [1.807, 2.05) is 26.0 Å². The Kier molecular flexibility index (Phi) is 5.22. The van der Waals surface area contributed by atoms with Gasteiger partial charge in [0.05, 0.1) is 0 Å². The first kappa shape index (κ1) is 16.4. The Balaban J connectivity index is 0.00000162. The second kappa shape index (κ2) is 5.74. The van der Waals surface area contributed by atoms with Crippen LogP contribution in [0.5, 0.6) is 0 Å². The van der Waals surface area contributed by atoms with E-state index in [0.717, 1.165) is 5.56 Å². The largest absolute Gasteiger partial charge is 1.00 e. The Morgan fingerprint density at radius 3 is 2.39 bits per heavy atom. The summed E-state index contributed by atoms with van der Waals surface area (Å²) in [7, 11) is -4.55. The van der Waals surface area contributed by atoms with E-state index >= 15 is 0 Å². The van der Waals surface area contributed by atoms with Gasteiger partial charge < -0.3 is 8.97 Å². The molecule has 0 aliphatic carbocycles. The van der Waals surface area contributed by atoms with Gasteiger partial charge in [-0.15, -0.1) is 0 Å². The van der Waals surface area contributed by atoms with E-state index in [9.17, 15) is 13.0 Å². The molecule has 1 aromatic carbocycles. The molecule has 18 heavy (non-hydrogen) atoms. The molecule has 2 rings (SSSR count). The van der Waals surface area contributed by atoms with Crippen molar-refractivity contribution < 1.29 is 68.8 Å². The Morgan fingerprint density at radius 1 is 1.28 bits per heavy atom. The van der Waals surface area contributed by atoms with Crippen LogP contribution in [-0.4, -0.2) is 13.0 Å². The van der Waals surface area contributed by atoms with E-state index < -0.39 is 15.2 Å². The molecule has 2 aromatic rings. The van der Waals surface area contributed by atoms with Crippen molar-refractivity contribution in [1.82, 2.24) is 0 Å². The van der Waals surface area contributed by atoms with Crippen molar-refractivity contribution in [3.8, 4) is 0 Å². The van der Waals surface area contributed by atoms with Gasteiger partial charge in [-0.1, -0.05) is 19.9 Å². The van der Waals surface area contributed by atoms with E-state index in [1.165, 1.54) is 0 Å². The van der Waals surface area contributed by atoms with Crippen molar-refractivity contribution in [2.24, 2.45) is 0 Å². The topological polar surface area (TPSA) is 70.3 Å². The molecule has 0 fully saturated rings. The summed E-state index contributed by atoms with van der Waals surface area (Å²) >= 11 is 0. The van der Waals surface area contributed by atoms with Crippen LogP contribution in [0.15, 0.2) is 27.7 Å².